The topological polar surface area (TPSA) is 113 Å². The number of carbonyl (C=O) groups excluding carboxylic acids is 1. The largest absolute Gasteiger partial charge is 0.497 e. The number of tetrazole rings is 1. The van der Waals surface area contributed by atoms with Gasteiger partial charge in [0.25, 0.3) is 5.91 Å². The number of ether oxygens (including phenoxy) is 1. The summed E-state index contributed by atoms with van der Waals surface area (Å²) in [5.41, 5.74) is 4.73. The summed E-state index contributed by atoms with van der Waals surface area (Å²) in [6.07, 6.45) is 0. The highest BCUT2D eigenvalue weighted by Gasteiger charge is 2.17. The molecular weight excluding hydrogens is 494 g/mol. The Kier molecular flexibility index (Phi) is 6.88. The average molecular weight is 524 g/mol. The van der Waals surface area contributed by atoms with Gasteiger partial charge >= 0.3 is 0 Å². The van der Waals surface area contributed by atoms with E-state index in [9.17, 15) is 4.79 Å². The molecule has 2 N–H and O–H groups in total. The summed E-state index contributed by atoms with van der Waals surface area (Å²) in [5, 5.41) is 18.3. The third-order valence-electron chi connectivity index (χ3n) is 6.96. The molecule has 3 heterocycles. The zero-order valence-electron chi connectivity index (χ0n) is 21.6. The molecule has 0 atom stereocenters. The molecule has 1 aliphatic heterocycles. The van der Waals surface area contributed by atoms with Crippen LogP contribution in [0, 0.1) is 0 Å². The van der Waals surface area contributed by atoms with Crippen LogP contribution < -0.4 is 20.3 Å². The minimum absolute atomic E-state index is 0.0914. The second-order valence-electron chi connectivity index (χ2n) is 9.35. The molecule has 1 saturated heterocycles. The maximum Gasteiger partial charge on any atom is 0.251 e. The Bertz CT molecular complexity index is 1580. The van der Waals surface area contributed by atoms with Gasteiger partial charge in [0, 0.05) is 56.2 Å². The van der Waals surface area contributed by atoms with E-state index in [1.54, 1.807) is 23.8 Å². The molecule has 0 spiro atoms. The number of methoxy groups -OCH3 is 1. The summed E-state index contributed by atoms with van der Waals surface area (Å²) in [4.78, 5) is 22.2. The molecule has 2 aromatic heterocycles. The lowest BCUT2D eigenvalue weighted by atomic mass is 10.2. The number of hydrogen-bond acceptors (Lipinski definition) is 9. The Morgan fingerprint density at radius 2 is 1.72 bits per heavy atom. The first-order chi connectivity index (χ1) is 19.2. The van der Waals surface area contributed by atoms with Gasteiger partial charge in [0.05, 0.1) is 18.1 Å². The molecule has 11 nitrogen and oxygen atoms in total. The van der Waals surface area contributed by atoms with Gasteiger partial charge in [0.2, 0.25) is 5.65 Å². The predicted octanol–water partition coefficient (Wildman–Crippen LogP) is 2.98. The maximum atomic E-state index is 12.7. The lowest BCUT2D eigenvalue weighted by Crippen LogP contribution is -2.48. The Balaban J connectivity index is 1.00. The van der Waals surface area contributed by atoms with Crippen LogP contribution in [0.4, 0.5) is 17.2 Å². The van der Waals surface area contributed by atoms with Gasteiger partial charge in [-0.3, -0.25) is 9.69 Å². The first-order valence-electron chi connectivity index (χ1n) is 12.9. The van der Waals surface area contributed by atoms with Gasteiger partial charge in [-0.15, -0.1) is 5.10 Å². The van der Waals surface area contributed by atoms with E-state index in [0.29, 0.717) is 23.6 Å². The van der Waals surface area contributed by atoms with Crippen molar-refractivity contribution < 1.29 is 9.53 Å². The van der Waals surface area contributed by atoms with Gasteiger partial charge in [0.1, 0.15) is 5.75 Å². The highest BCUT2D eigenvalue weighted by Crippen LogP contribution is 2.23. The number of rotatable bonds is 8. The molecule has 5 aromatic rings. The standard InChI is InChI=1S/C28H29N9O2/c1-39-23-12-10-22(11-13-23)36-18-16-35(17-19-36)15-14-29-28(38)20-6-8-21(9-7-20)30-26-27-32-33-34-37(27)25-5-3-2-4-24(25)31-26/h2-13H,14-19H2,1H3,(H,29,38)(H,30,31). The molecular formula is C28H29N9O2. The van der Waals surface area contributed by atoms with E-state index in [1.807, 2.05) is 48.5 Å². The number of nitrogens with one attached hydrogen (secondary N) is 2. The monoisotopic (exact) mass is 523 g/mol. The summed E-state index contributed by atoms with van der Waals surface area (Å²) in [7, 11) is 1.68. The van der Waals surface area contributed by atoms with Crippen molar-refractivity contribution in [3.8, 4) is 5.75 Å². The van der Waals surface area contributed by atoms with Crippen LogP contribution in [0.25, 0.3) is 16.7 Å². The SMILES string of the molecule is COc1ccc(N2CCN(CCNC(=O)c3ccc(Nc4nc5ccccc5n5nnnc45)cc3)CC2)cc1. The van der Waals surface area contributed by atoms with Crippen molar-refractivity contribution in [1.82, 2.24) is 35.2 Å². The quantitative estimate of drug-likeness (QED) is 0.317. The molecule has 1 amide bonds. The number of aromatic nitrogens is 5. The van der Waals surface area contributed by atoms with E-state index in [-0.39, 0.29) is 5.91 Å². The molecule has 6 rings (SSSR count). The number of hydrogen-bond donors (Lipinski definition) is 2. The van der Waals surface area contributed by atoms with Crippen molar-refractivity contribution in [2.75, 3.05) is 56.6 Å². The highest BCUT2D eigenvalue weighted by molar-refractivity contribution is 5.94. The molecule has 0 unspecified atom stereocenters. The van der Waals surface area contributed by atoms with E-state index < -0.39 is 0 Å². The minimum atomic E-state index is -0.0914. The first-order valence-corrected chi connectivity index (χ1v) is 12.9. The molecule has 3 aromatic carbocycles. The number of benzene rings is 3. The zero-order chi connectivity index (χ0) is 26.6. The minimum Gasteiger partial charge on any atom is -0.497 e. The van der Waals surface area contributed by atoms with Crippen LogP contribution in [0.3, 0.4) is 0 Å². The van der Waals surface area contributed by atoms with Gasteiger partial charge in [-0.2, -0.15) is 4.52 Å². The van der Waals surface area contributed by atoms with Crippen molar-refractivity contribution in [3.63, 3.8) is 0 Å². The first kappa shape index (κ1) is 24.6. The number of piperazine rings is 1. The third kappa shape index (κ3) is 5.30. The summed E-state index contributed by atoms with van der Waals surface area (Å²) in [6.45, 7) is 5.24. The molecule has 1 aliphatic rings. The van der Waals surface area contributed by atoms with Crippen molar-refractivity contribution >= 4 is 39.8 Å². The van der Waals surface area contributed by atoms with Gasteiger partial charge < -0.3 is 20.3 Å². The maximum absolute atomic E-state index is 12.7. The third-order valence-corrected chi connectivity index (χ3v) is 6.96. The van der Waals surface area contributed by atoms with Gasteiger partial charge in [0.15, 0.2) is 5.82 Å². The highest BCUT2D eigenvalue weighted by atomic mass is 16.5. The Morgan fingerprint density at radius 1 is 0.949 bits per heavy atom. The Morgan fingerprint density at radius 3 is 2.49 bits per heavy atom. The van der Waals surface area contributed by atoms with Crippen molar-refractivity contribution in [3.05, 3.63) is 78.4 Å². The fourth-order valence-corrected chi connectivity index (χ4v) is 4.78. The summed E-state index contributed by atoms with van der Waals surface area (Å²) >= 11 is 0. The van der Waals surface area contributed by atoms with E-state index in [4.69, 9.17) is 4.74 Å². The lowest BCUT2D eigenvalue weighted by Gasteiger charge is -2.36. The van der Waals surface area contributed by atoms with Crippen LogP contribution in [-0.2, 0) is 0 Å². The van der Waals surface area contributed by atoms with E-state index in [2.05, 4.69) is 53.1 Å². The number of fused-ring (bicyclic) bond motifs is 3. The van der Waals surface area contributed by atoms with Gasteiger partial charge in [-0.1, -0.05) is 12.1 Å². The second kappa shape index (κ2) is 10.9. The van der Waals surface area contributed by atoms with E-state index in [1.165, 1.54) is 5.69 Å². The molecule has 0 bridgehead atoms. The number of para-hydroxylation sites is 2. The summed E-state index contributed by atoms with van der Waals surface area (Å²) < 4.78 is 6.91. The van der Waals surface area contributed by atoms with Crippen molar-refractivity contribution in [1.29, 1.82) is 0 Å². The smallest absolute Gasteiger partial charge is 0.251 e. The lowest BCUT2D eigenvalue weighted by molar-refractivity contribution is 0.0948. The van der Waals surface area contributed by atoms with Crippen molar-refractivity contribution in [2.24, 2.45) is 0 Å². The molecule has 198 valence electrons. The molecule has 0 radical (unpaired) electrons. The molecule has 1 fully saturated rings. The van der Waals surface area contributed by atoms with E-state index >= 15 is 0 Å². The number of carbonyl (C=O) groups is 1. The normalized spacial score (nSPS) is 14.0. The molecule has 0 aliphatic carbocycles. The Hall–Kier alpha value is -4.77. The van der Waals surface area contributed by atoms with Crippen LogP contribution in [0.2, 0.25) is 0 Å². The van der Waals surface area contributed by atoms with Gasteiger partial charge in [-0.25, -0.2) is 4.98 Å². The van der Waals surface area contributed by atoms with Crippen LogP contribution in [0.5, 0.6) is 5.75 Å². The zero-order valence-corrected chi connectivity index (χ0v) is 21.6. The fraction of sp³-hybridized carbons (Fsp3) is 0.250. The average Bonchev–Trinajstić information content (AvgIpc) is 3.49. The van der Waals surface area contributed by atoms with Crippen LogP contribution in [0.1, 0.15) is 10.4 Å². The van der Waals surface area contributed by atoms with Crippen molar-refractivity contribution in [2.45, 2.75) is 0 Å². The predicted molar refractivity (Wildman–Crippen MR) is 150 cm³/mol. The van der Waals surface area contributed by atoms with Crippen LogP contribution in [-0.4, -0.2) is 82.2 Å². The van der Waals surface area contributed by atoms with Crippen LogP contribution >= 0.6 is 0 Å². The fourth-order valence-electron chi connectivity index (χ4n) is 4.78. The summed E-state index contributed by atoms with van der Waals surface area (Å²) in [5.74, 6) is 1.32. The number of amides is 1. The molecule has 39 heavy (non-hydrogen) atoms. The van der Waals surface area contributed by atoms with Gasteiger partial charge in [-0.05, 0) is 71.1 Å². The van der Waals surface area contributed by atoms with E-state index in [0.717, 1.165) is 55.2 Å². The van der Waals surface area contributed by atoms with Crippen LogP contribution in [0.15, 0.2) is 72.8 Å². The number of nitrogens with zero attached hydrogens (tertiary/aromatic N) is 7. The summed E-state index contributed by atoms with van der Waals surface area (Å²) in [6, 6.07) is 23.2. The Labute approximate surface area is 225 Å². The second-order valence-corrected chi connectivity index (χ2v) is 9.35. The number of anilines is 3. The molecule has 11 heteroatoms. The molecule has 0 saturated carbocycles.